The number of ether oxygens (including phenoxy) is 1. The van der Waals surface area contributed by atoms with Crippen LogP contribution in [-0.4, -0.2) is 18.6 Å². The van der Waals surface area contributed by atoms with E-state index in [0.717, 1.165) is 47.2 Å². The number of hydrogen-bond acceptors (Lipinski definition) is 2. The van der Waals surface area contributed by atoms with Crippen LogP contribution in [0.3, 0.4) is 0 Å². The largest absolute Gasteiger partial charge is 0.491 e. The predicted octanol–water partition coefficient (Wildman–Crippen LogP) is 5.14. The van der Waals surface area contributed by atoms with Gasteiger partial charge in [0.05, 0.1) is 12.3 Å². The molecule has 3 nitrogen and oxygen atoms in total. The molecule has 2 N–H and O–H groups in total. The van der Waals surface area contributed by atoms with Crippen LogP contribution in [0, 0.1) is 5.82 Å². The molecular weight excluding hydrogens is 339 g/mol. The summed E-state index contributed by atoms with van der Waals surface area (Å²) in [5, 5.41) is 4.48. The number of rotatable bonds is 5. The zero-order valence-corrected chi connectivity index (χ0v) is 15.8. The van der Waals surface area contributed by atoms with Gasteiger partial charge in [-0.25, -0.2) is 4.39 Å². The van der Waals surface area contributed by atoms with Crippen LogP contribution >= 0.6 is 0 Å². The van der Waals surface area contributed by atoms with Crippen LogP contribution in [0.2, 0.25) is 0 Å². The second kappa shape index (κ2) is 7.20. The van der Waals surface area contributed by atoms with Crippen LogP contribution in [0.5, 0.6) is 0 Å². The molecule has 27 heavy (non-hydrogen) atoms. The summed E-state index contributed by atoms with van der Waals surface area (Å²) in [5.74, 6) is 0.655. The Hall–Kier alpha value is -2.59. The molecule has 1 aliphatic rings. The SMILES string of the molecule is CCC(CC=C1OCCc2c1[nH]c1ccc(F)cc21)(NC)c1ccccc1. The monoisotopic (exact) mass is 364 g/mol. The topological polar surface area (TPSA) is 37.0 Å². The van der Waals surface area contributed by atoms with Crippen molar-refractivity contribution in [2.45, 2.75) is 31.7 Å². The molecule has 4 heteroatoms. The van der Waals surface area contributed by atoms with E-state index in [0.29, 0.717) is 6.61 Å². The summed E-state index contributed by atoms with van der Waals surface area (Å²) < 4.78 is 19.7. The number of benzene rings is 2. The lowest BCUT2D eigenvalue weighted by Crippen LogP contribution is -2.39. The van der Waals surface area contributed by atoms with E-state index in [9.17, 15) is 4.39 Å². The Morgan fingerprint density at radius 1 is 1.22 bits per heavy atom. The van der Waals surface area contributed by atoms with E-state index in [1.54, 1.807) is 12.1 Å². The van der Waals surface area contributed by atoms with Crippen molar-refractivity contribution >= 4 is 16.7 Å². The second-order valence-corrected chi connectivity index (χ2v) is 7.09. The molecule has 1 aromatic heterocycles. The maximum Gasteiger partial charge on any atom is 0.139 e. The highest BCUT2D eigenvalue weighted by Crippen LogP contribution is 2.35. The molecule has 0 spiro atoms. The standard InChI is InChI=1S/C23H25FN2O/c1-3-23(25-2,16-7-5-4-6-8-16)13-11-21-22-18(12-14-27-21)19-15-17(24)9-10-20(19)26-22/h4-11,15,25-26H,3,12-14H2,1-2H3. The van der Waals surface area contributed by atoms with Crippen LogP contribution in [0.15, 0.2) is 54.6 Å². The summed E-state index contributed by atoms with van der Waals surface area (Å²) in [5.41, 5.74) is 4.20. The molecule has 1 aliphatic heterocycles. The maximum absolute atomic E-state index is 13.7. The molecule has 2 heterocycles. The van der Waals surface area contributed by atoms with Gasteiger partial charge in [0.25, 0.3) is 0 Å². The minimum Gasteiger partial charge on any atom is -0.491 e. The van der Waals surface area contributed by atoms with E-state index in [-0.39, 0.29) is 11.4 Å². The molecule has 0 saturated carbocycles. The number of hydrogen-bond donors (Lipinski definition) is 2. The van der Waals surface area contributed by atoms with Gasteiger partial charge in [-0.1, -0.05) is 37.3 Å². The number of fused-ring (bicyclic) bond motifs is 3. The number of nitrogens with one attached hydrogen (secondary N) is 2. The molecule has 140 valence electrons. The number of halogens is 1. The molecule has 0 aliphatic carbocycles. The molecule has 0 saturated heterocycles. The molecule has 0 bridgehead atoms. The average molecular weight is 364 g/mol. The first kappa shape index (κ1) is 17.8. The normalized spacial score (nSPS) is 17.5. The van der Waals surface area contributed by atoms with Gasteiger partial charge in [-0.05, 0) is 55.3 Å². The Kier molecular flexibility index (Phi) is 4.75. The summed E-state index contributed by atoms with van der Waals surface area (Å²) in [6.45, 7) is 2.81. The first-order valence-corrected chi connectivity index (χ1v) is 9.55. The first-order chi connectivity index (χ1) is 13.2. The molecule has 1 atom stereocenters. The fourth-order valence-electron chi connectivity index (χ4n) is 4.10. The van der Waals surface area contributed by atoms with Crippen LogP contribution in [0.25, 0.3) is 16.7 Å². The summed E-state index contributed by atoms with van der Waals surface area (Å²) in [7, 11) is 2.01. The van der Waals surface area contributed by atoms with E-state index >= 15 is 0 Å². The zero-order chi connectivity index (χ0) is 18.9. The maximum atomic E-state index is 13.7. The third kappa shape index (κ3) is 3.15. The Labute approximate surface area is 159 Å². The highest BCUT2D eigenvalue weighted by Gasteiger charge is 2.28. The van der Waals surface area contributed by atoms with Gasteiger partial charge in [0, 0.05) is 22.9 Å². The van der Waals surface area contributed by atoms with Crippen LogP contribution in [-0.2, 0) is 16.7 Å². The van der Waals surface area contributed by atoms with Gasteiger partial charge < -0.3 is 15.0 Å². The fraction of sp³-hybridized carbons (Fsp3) is 0.304. The summed E-state index contributed by atoms with van der Waals surface area (Å²) in [6, 6.07) is 15.4. The van der Waals surface area contributed by atoms with E-state index < -0.39 is 0 Å². The van der Waals surface area contributed by atoms with Gasteiger partial charge in [0.2, 0.25) is 0 Å². The van der Waals surface area contributed by atoms with Crippen molar-refractivity contribution in [3.05, 3.63) is 77.2 Å². The van der Waals surface area contributed by atoms with Crippen molar-refractivity contribution < 1.29 is 9.13 Å². The average Bonchev–Trinajstić information content (AvgIpc) is 3.08. The van der Waals surface area contributed by atoms with Crippen molar-refractivity contribution in [2.75, 3.05) is 13.7 Å². The van der Waals surface area contributed by atoms with E-state index in [4.69, 9.17) is 4.74 Å². The minimum atomic E-state index is -0.203. The smallest absolute Gasteiger partial charge is 0.139 e. The van der Waals surface area contributed by atoms with Crippen LogP contribution < -0.4 is 5.32 Å². The summed E-state index contributed by atoms with van der Waals surface area (Å²) in [6.07, 6.45) is 4.72. The lowest BCUT2D eigenvalue weighted by atomic mass is 9.84. The van der Waals surface area contributed by atoms with Crippen molar-refractivity contribution in [2.24, 2.45) is 0 Å². The van der Waals surface area contributed by atoms with Gasteiger partial charge in [-0.15, -0.1) is 0 Å². The second-order valence-electron chi connectivity index (χ2n) is 7.09. The number of H-pyrrole nitrogens is 1. The third-order valence-corrected chi connectivity index (χ3v) is 5.77. The van der Waals surface area contributed by atoms with Crippen molar-refractivity contribution in [1.82, 2.24) is 10.3 Å². The van der Waals surface area contributed by atoms with Crippen molar-refractivity contribution in [1.29, 1.82) is 0 Å². The Morgan fingerprint density at radius 2 is 2.04 bits per heavy atom. The summed E-state index contributed by atoms with van der Waals surface area (Å²) in [4.78, 5) is 3.43. The molecule has 0 fully saturated rings. The van der Waals surface area contributed by atoms with Gasteiger partial charge in [0.1, 0.15) is 11.6 Å². The van der Waals surface area contributed by atoms with Crippen LogP contribution in [0.4, 0.5) is 4.39 Å². The lowest BCUT2D eigenvalue weighted by molar-refractivity contribution is 0.265. The van der Waals surface area contributed by atoms with Gasteiger partial charge in [-0.3, -0.25) is 0 Å². The quantitative estimate of drug-likeness (QED) is 0.658. The highest BCUT2D eigenvalue weighted by molar-refractivity contribution is 5.89. The lowest BCUT2D eigenvalue weighted by Gasteiger charge is -2.33. The number of aromatic amines is 1. The summed E-state index contributed by atoms with van der Waals surface area (Å²) >= 11 is 0. The first-order valence-electron chi connectivity index (χ1n) is 9.55. The molecule has 4 rings (SSSR count). The third-order valence-electron chi connectivity index (χ3n) is 5.77. The highest BCUT2D eigenvalue weighted by atomic mass is 19.1. The van der Waals surface area contributed by atoms with Gasteiger partial charge in [0.15, 0.2) is 0 Å². The minimum absolute atomic E-state index is 0.145. The number of aromatic nitrogens is 1. The van der Waals surface area contributed by atoms with E-state index in [1.807, 2.05) is 13.1 Å². The Bertz CT molecular complexity index is 971. The fourth-order valence-corrected chi connectivity index (χ4v) is 4.10. The van der Waals surface area contributed by atoms with Crippen LogP contribution in [0.1, 0.15) is 36.6 Å². The molecule has 0 radical (unpaired) electrons. The Balaban J connectivity index is 1.72. The van der Waals surface area contributed by atoms with Gasteiger partial charge >= 0.3 is 0 Å². The zero-order valence-electron chi connectivity index (χ0n) is 15.8. The molecule has 2 aromatic carbocycles. The molecule has 0 amide bonds. The van der Waals surface area contributed by atoms with Crippen molar-refractivity contribution in [3.8, 4) is 0 Å². The molecule has 3 aromatic rings. The van der Waals surface area contributed by atoms with Crippen molar-refractivity contribution in [3.63, 3.8) is 0 Å². The molecular formula is C23H25FN2O. The van der Waals surface area contributed by atoms with Gasteiger partial charge in [-0.2, -0.15) is 0 Å². The van der Waals surface area contributed by atoms with E-state index in [2.05, 4.69) is 47.6 Å². The van der Waals surface area contributed by atoms with E-state index in [1.165, 1.54) is 11.6 Å². The molecule has 1 unspecified atom stereocenters. The predicted molar refractivity (Wildman–Crippen MR) is 108 cm³/mol. The Morgan fingerprint density at radius 3 is 2.78 bits per heavy atom.